The third-order valence-electron chi connectivity index (χ3n) is 3.00. The Hall–Kier alpha value is -2.88. The molecule has 0 aliphatic carbocycles. The van der Waals surface area contributed by atoms with Crippen LogP contribution in [-0.4, -0.2) is 18.7 Å². The summed E-state index contributed by atoms with van der Waals surface area (Å²) in [6.45, 7) is 1.83. The largest absolute Gasteiger partial charge is 0.497 e. The summed E-state index contributed by atoms with van der Waals surface area (Å²) in [6.07, 6.45) is 3.79. The fourth-order valence-electron chi connectivity index (χ4n) is 1.76. The van der Waals surface area contributed by atoms with Gasteiger partial charge in [0.15, 0.2) is 0 Å². The summed E-state index contributed by atoms with van der Waals surface area (Å²) >= 11 is 0. The zero-order valence-electron chi connectivity index (χ0n) is 12.6. The Bertz CT molecular complexity index is 674. The fraction of sp³-hybridized carbons (Fsp3) is 0.111. The van der Waals surface area contributed by atoms with E-state index in [1.54, 1.807) is 31.4 Å². The average Bonchev–Trinajstić information content (AvgIpc) is 2.58. The van der Waals surface area contributed by atoms with Gasteiger partial charge >= 0.3 is 0 Å². The molecular weight excluding hydrogens is 276 g/mol. The maximum Gasteiger partial charge on any atom is 0.271 e. The lowest BCUT2D eigenvalue weighted by molar-refractivity contribution is 0.0955. The van der Waals surface area contributed by atoms with Crippen molar-refractivity contribution in [1.29, 1.82) is 0 Å². The van der Waals surface area contributed by atoms with Gasteiger partial charge in [-0.25, -0.2) is 5.43 Å². The van der Waals surface area contributed by atoms with E-state index in [-0.39, 0.29) is 5.91 Å². The molecule has 2 aromatic carbocycles. The van der Waals surface area contributed by atoms with Crippen LogP contribution < -0.4 is 10.2 Å². The van der Waals surface area contributed by atoms with Crippen molar-refractivity contribution in [2.45, 2.75) is 6.92 Å². The maximum absolute atomic E-state index is 11.9. The summed E-state index contributed by atoms with van der Waals surface area (Å²) < 4.78 is 5.05. The first kappa shape index (κ1) is 15.5. The quantitative estimate of drug-likeness (QED) is 0.677. The number of hydrogen-bond donors (Lipinski definition) is 1. The van der Waals surface area contributed by atoms with Crippen molar-refractivity contribution in [3.63, 3.8) is 0 Å². The molecule has 1 N–H and O–H groups in total. The molecule has 4 nitrogen and oxygen atoms in total. The van der Waals surface area contributed by atoms with E-state index < -0.39 is 0 Å². The smallest absolute Gasteiger partial charge is 0.271 e. The molecule has 0 saturated heterocycles. The number of hydrazone groups is 1. The highest BCUT2D eigenvalue weighted by Gasteiger charge is 2.03. The van der Waals surface area contributed by atoms with Crippen molar-refractivity contribution in [2.24, 2.45) is 5.10 Å². The van der Waals surface area contributed by atoms with Gasteiger partial charge in [-0.05, 0) is 42.8 Å². The number of ether oxygens (including phenoxy) is 1. The van der Waals surface area contributed by atoms with E-state index >= 15 is 0 Å². The minimum atomic E-state index is -0.255. The van der Waals surface area contributed by atoms with Gasteiger partial charge in [0.1, 0.15) is 5.75 Å². The second-order valence-corrected chi connectivity index (χ2v) is 4.67. The average molecular weight is 294 g/mol. The summed E-state index contributed by atoms with van der Waals surface area (Å²) in [6, 6.07) is 16.8. The number of allylic oxidation sites excluding steroid dienone is 1. The van der Waals surface area contributed by atoms with Crippen LogP contribution in [-0.2, 0) is 0 Å². The standard InChI is InChI=1S/C18H18N2O2/c1-14(8-9-15-6-4-3-5-7-15)19-20-18(21)16-10-12-17(22-2)13-11-16/h3-13H,1-2H3,(H,20,21)/b9-8+,19-14-. The molecule has 0 fully saturated rings. The van der Waals surface area contributed by atoms with Crippen LogP contribution in [0.15, 0.2) is 65.8 Å². The highest BCUT2D eigenvalue weighted by atomic mass is 16.5. The molecule has 0 saturated carbocycles. The SMILES string of the molecule is COc1ccc(C(=O)N/N=C(C)\C=C\c2ccccc2)cc1. The third kappa shape index (κ3) is 4.59. The predicted octanol–water partition coefficient (Wildman–Crippen LogP) is 3.51. The van der Waals surface area contributed by atoms with E-state index in [1.807, 2.05) is 49.4 Å². The Morgan fingerprint density at radius 1 is 1.09 bits per heavy atom. The minimum absolute atomic E-state index is 0.255. The number of nitrogens with zero attached hydrogens (tertiary/aromatic N) is 1. The molecule has 22 heavy (non-hydrogen) atoms. The lowest BCUT2D eigenvalue weighted by atomic mass is 10.2. The monoisotopic (exact) mass is 294 g/mol. The van der Waals surface area contributed by atoms with Crippen LogP contribution >= 0.6 is 0 Å². The van der Waals surface area contributed by atoms with Crippen molar-refractivity contribution < 1.29 is 9.53 Å². The summed E-state index contributed by atoms with van der Waals surface area (Å²) in [5.41, 5.74) is 4.86. The van der Waals surface area contributed by atoms with E-state index in [4.69, 9.17) is 4.74 Å². The molecule has 112 valence electrons. The topological polar surface area (TPSA) is 50.7 Å². The molecule has 0 radical (unpaired) electrons. The van der Waals surface area contributed by atoms with Crippen molar-refractivity contribution >= 4 is 17.7 Å². The molecule has 0 aliphatic heterocycles. The Morgan fingerprint density at radius 3 is 2.41 bits per heavy atom. The summed E-state index contributed by atoms with van der Waals surface area (Å²) in [5.74, 6) is 0.456. The number of hydrogen-bond acceptors (Lipinski definition) is 3. The van der Waals surface area contributed by atoms with Gasteiger partial charge in [-0.3, -0.25) is 4.79 Å². The molecule has 0 atom stereocenters. The first-order valence-electron chi connectivity index (χ1n) is 6.91. The van der Waals surface area contributed by atoms with Crippen molar-refractivity contribution in [3.8, 4) is 5.75 Å². The zero-order valence-corrected chi connectivity index (χ0v) is 12.6. The highest BCUT2D eigenvalue weighted by Crippen LogP contribution is 2.11. The molecular formula is C18H18N2O2. The van der Waals surface area contributed by atoms with Crippen LogP contribution in [0.2, 0.25) is 0 Å². The molecule has 0 unspecified atom stereocenters. The lowest BCUT2D eigenvalue weighted by Crippen LogP contribution is -2.18. The van der Waals surface area contributed by atoms with E-state index in [0.29, 0.717) is 17.0 Å². The summed E-state index contributed by atoms with van der Waals surface area (Å²) in [5, 5.41) is 4.06. The van der Waals surface area contributed by atoms with Gasteiger partial charge in [0, 0.05) is 5.56 Å². The summed E-state index contributed by atoms with van der Waals surface area (Å²) in [4.78, 5) is 11.9. The van der Waals surface area contributed by atoms with Gasteiger partial charge in [-0.1, -0.05) is 36.4 Å². The van der Waals surface area contributed by atoms with Crippen LogP contribution in [0.3, 0.4) is 0 Å². The number of benzene rings is 2. The van der Waals surface area contributed by atoms with Crippen molar-refractivity contribution in [2.75, 3.05) is 7.11 Å². The van der Waals surface area contributed by atoms with Gasteiger partial charge in [0.05, 0.1) is 12.8 Å². The Balaban J connectivity index is 1.94. The first-order valence-corrected chi connectivity index (χ1v) is 6.91. The Labute approximate surface area is 130 Å². The number of nitrogens with one attached hydrogen (secondary N) is 1. The van der Waals surface area contributed by atoms with Gasteiger partial charge in [-0.2, -0.15) is 5.10 Å². The second-order valence-electron chi connectivity index (χ2n) is 4.67. The maximum atomic E-state index is 11.9. The third-order valence-corrected chi connectivity index (χ3v) is 3.00. The highest BCUT2D eigenvalue weighted by molar-refractivity contribution is 5.99. The van der Waals surface area contributed by atoms with E-state index in [2.05, 4.69) is 10.5 Å². The van der Waals surface area contributed by atoms with Gasteiger partial charge in [-0.15, -0.1) is 0 Å². The molecule has 2 rings (SSSR count). The molecule has 0 aliphatic rings. The minimum Gasteiger partial charge on any atom is -0.497 e. The van der Waals surface area contributed by atoms with Crippen LogP contribution in [0, 0.1) is 0 Å². The molecule has 4 heteroatoms. The molecule has 1 amide bonds. The van der Waals surface area contributed by atoms with Gasteiger partial charge in [0.2, 0.25) is 0 Å². The fourth-order valence-corrected chi connectivity index (χ4v) is 1.76. The normalized spacial score (nSPS) is 11.5. The number of rotatable bonds is 5. The number of methoxy groups -OCH3 is 1. The Morgan fingerprint density at radius 2 is 1.77 bits per heavy atom. The van der Waals surface area contributed by atoms with Crippen LogP contribution in [0.4, 0.5) is 0 Å². The zero-order chi connectivity index (χ0) is 15.8. The van der Waals surface area contributed by atoms with E-state index in [0.717, 1.165) is 5.56 Å². The first-order chi connectivity index (χ1) is 10.7. The summed E-state index contributed by atoms with van der Waals surface area (Å²) in [7, 11) is 1.59. The molecule has 0 aromatic heterocycles. The molecule has 0 spiro atoms. The molecule has 2 aromatic rings. The van der Waals surface area contributed by atoms with Crippen LogP contribution in [0.1, 0.15) is 22.8 Å². The van der Waals surface area contributed by atoms with Crippen LogP contribution in [0.5, 0.6) is 5.75 Å². The van der Waals surface area contributed by atoms with Crippen molar-refractivity contribution in [1.82, 2.24) is 5.43 Å². The van der Waals surface area contributed by atoms with Gasteiger partial charge in [0.25, 0.3) is 5.91 Å². The number of carbonyl (C=O) groups excluding carboxylic acids is 1. The predicted molar refractivity (Wildman–Crippen MR) is 89.0 cm³/mol. The number of amides is 1. The number of carbonyl (C=O) groups is 1. The molecule has 0 bridgehead atoms. The van der Waals surface area contributed by atoms with Crippen LogP contribution in [0.25, 0.3) is 6.08 Å². The van der Waals surface area contributed by atoms with Crippen molar-refractivity contribution in [3.05, 3.63) is 71.8 Å². The second kappa shape index (κ2) is 7.78. The Kier molecular flexibility index (Phi) is 5.49. The van der Waals surface area contributed by atoms with E-state index in [9.17, 15) is 4.79 Å². The lowest BCUT2D eigenvalue weighted by Gasteiger charge is -2.02. The van der Waals surface area contributed by atoms with E-state index in [1.165, 1.54) is 0 Å². The van der Waals surface area contributed by atoms with Gasteiger partial charge < -0.3 is 4.74 Å². The molecule has 0 heterocycles.